The van der Waals surface area contributed by atoms with Crippen molar-refractivity contribution in [2.45, 2.75) is 38.9 Å². The Kier molecular flexibility index (Phi) is 11.3. The van der Waals surface area contributed by atoms with E-state index in [2.05, 4.69) is 21.7 Å². The molecule has 0 aliphatic rings. The number of nitro groups is 1. The van der Waals surface area contributed by atoms with Crippen molar-refractivity contribution < 1.29 is 9.72 Å². The van der Waals surface area contributed by atoms with Gasteiger partial charge in [0.2, 0.25) is 5.91 Å². The lowest BCUT2D eigenvalue weighted by atomic mass is 10.1. The fraction of sp³-hybridized carbons (Fsp3) is 0.226. The topological polar surface area (TPSA) is 129 Å². The summed E-state index contributed by atoms with van der Waals surface area (Å²) in [5, 5.41) is 27.5. The van der Waals surface area contributed by atoms with Crippen LogP contribution in [0.2, 0.25) is 10.0 Å². The highest BCUT2D eigenvalue weighted by atomic mass is 35.5. The van der Waals surface area contributed by atoms with Gasteiger partial charge in [0.05, 0.1) is 39.3 Å². The summed E-state index contributed by atoms with van der Waals surface area (Å²) in [6.45, 7) is 3.15. The molecule has 13 heteroatoms. The maximum Gasteiger partial charge on any atom is 0.269 e. The summed E-state index contributed by atoms with van der Waals surface area (Å²) in [6.07, 6.45) is 4.09. The Morgan fingerprint density at radius 3 is 2.55 bits per heavy atom. The van der Waals surface area contributed by atoms with Gasteiger partial charge in [-0.15, -0.1) is 0 Å². The van der Waals surface area contributed by atoms with Gasteiger partial charge in [0.15, 0.2) is 5.11 Å². The van der Waals surface area contributed by atoms with Crippen molar-refractivity contribution in [2.75, 3.05) is 11.9 Å². The van der Waals surface area contributed by atoms with E-state index < -0.39 is 4.92 Å². The molecule has 0 aliphatic heterocycles. The van der Waals surface area contributed by atoms with Gasteiger partial charge in [0.25, 0.3) is 5.69 Å². The van der Waals surface area contributed by atoms with Crippen LogP contribution in [0.15, 0.2) is 79.3 Å². The third kappa shape index (κ3) is 8.76. The highest BCUT2D eigenvalue weighted by Gasteiger charge is 2.21. The van der Waals surface area contributed by atoms with E-state index in [0.29, 0.717) is 52.5 Å². The minimum Gasteiger partial charge on any atom is -0.351 e. The van der Waals surface area contributed by atoms with E-state index in [4.69, 9.17) is 40.7 Å². The maximum absolute atomic E-state index is 13.2. The number of halogens is 2. The van der Waals surface area contributed by atoms with Crippen molar-refractivity contribution >= 4 is 57.8 Å². The number of nitrogens with one attached hydrogen (secondary N) is 2. The van der Waals surface area contributed by atoms with E-state index in [1.54, 1.807) is 48.9 Å². The van der Waals surface area contributed by atoms with Crippen LogP contribution in [0.25, 0.3) is 0 Å². The van der Waals surface area contributed by atoms with Gasteiger partial charge >= 0.3 is 0 Å². The zero-order valence-corrected chi connectivity index (χ0v) is 26.1. The number of nitriles is 1. The second-order valence-corrected chi connectivity index (χ2v) is 11.2. The molecular formula is C31H29Cl2N7O3S. The zero-order chi connectivity index (χ0) is 31.6. The molecule has 2 N–H and O–H groups in total. The van der Waals surface area contributed by atoms with Gasteiger partial charge in [0, 0.05) is 55.4 Å². The molecule has 0 fully saturated rings. The smallest absolute Gasteiger partial charge is 0.269 e. The number of hydrogen-bond donors (Lipinski definition) is 2. The van der Waals surface area contributed by atoms with Crippen LogP contribution in [0.5, 0.6) is 0 Å². The number of benzene rings is 3. The molecule has 0 spiro atoms. The lowest BCUT2D eigenvalue weighted by Gasteiger charge is -2.30. The van der Waals surface area contributed by atoms with Gasteiger partial charge in [-0.1, -0.05) is 54.4 Å². The second-order valence-electron chi connectivity index (χ2n) is 10.00. The molecule has 10 nitrogen and oxygen atoms in total. The van der Waals surface area contributed by atoms with Crippen LogP contribution >= 0.6 is 35.4 Å². The molecule has 0 radical (unpaired) electrons. The van der Waals surface area contributed by atoms with Crippen LogP contribution in [-0.4, -0.2) is 43.0 Å². The van der Waals surface area contributed by atoms with Crippen LogP contribution in [-0.2, 0) is 24.3 Å². The van der Waals surface area contributed by atoms with E-state index in [9.17, 15) is 14.9 Å². The number of nitro benzene ring substituents is 1. The molecular weight excluding hydrogens is 621 g/mol. The molecule has 1 atom stereocenters. The highest BCUT2D eigenvalue weighted by Crippen LogP contribution is 2.27. The number of imidazole rings is 1. The molecule has 4 rings (SSSR count). The fourth-order valence-corrected chi connectivity index (χ4v) is 5.11. The van der Waals surface area contributed by atoms with E-state index in [0.717, 1.165) is 16.8 Å². The highest BCUT2D eigenvalue weighted by molar-refractivity contribution is 7.80. The Bertz CT molecular complexity index is 1670. The molecule has 226 valence electrons. The standard InChI is InChI=1S/C31H29Cl2N7O3S/c1-2-24(36-29(41)14-27-16-35-20-39(27)17-22-8-6-21(15-34)7-9-22)19-38(18-23-4-3-5-28(32)30(23)33)31(44)37-25-10-12-26(13-11-25)40(42)43/h3-13,16,20,24H,2,14,17-19H2,1H3,(H,36,41)(H,37,44)/t24-/m0/s1. The van der Waals surface area contributed by atoms with Crippen molar-refractivity contribution in [3.8, 4) is 6.07 Å². The van der Waals surface area contributed by atoms with Gasteiger partial charge in [-0.2, -0.15) is 5.26 Å². The summed E-state index contributed by atoms with van der Waals surface area (Å²) >= 11 is 18.5. The van der Waals surface area contributed by atoms with Crippen LogP contribution in [0.4, 0.5) is 11.4 Å². The van der Waals surface area contributed by atoms with E-state index in [1.807, 2.05) is 34.6 Å². The van der Waals surface area contributed by atoms with Crippen molar-refractivity contribution in [1.82, 2.24) is 19.8 Å². The average molecular weight is 651 g/mol. The largest absolute Gasteiger partial charge is 0.351 e. The molecule has 1 amide bonds. The first kappa shape index (κ1) is 32.4. The monoisotopic (exact) mass is 649 g/mol. The number of aromatic nitrogens is 2. The Hall–Kier alpha value is -4.50. The number of nitrogens with zero attached hydrogens (tertiary/aromatic N) is 5. The minimum absolute atomic E-state index is 0.0314. The molecule has 0 aliphatic carbocycles. The zero-order valence-electron chi connectivity index (χ0n) is 23.7. The normalized spacial score (nSPS) is 11.3. The Morgan fingerprint density at radius 1 is 1.16 bits per heavy atom. The first-order chi connectivity index (χ1) is 21.2. The van der Waals surface area contributed by atoms with Crippen molar-refractivity contribution in [2.24, 2.45) is 0 Å². The number of anilines is 1. The predicted molar refractivity (Wildman–Crippen MR) is 175 cm³/mol. The van der Waals surface area contributed by atoms with Crippen LogP contribution < -0.4 is 10.6 Å². The lowest BCUT2D eigenvalue weighted by molar-refractivity contribution is -0.384. The summed E-state index contributed by atoms with van der Waals surface area (Å²) < 4.78 is 1.90. The van der Waals surface area contributed by atoms with Gasteiger partial charge in [-0.3, -0.25) is 14.9 Å². The molecule has 0 saturated carbocycles. The van der Waals surface area contributed by atoms with Gasteiger partial charge in [0.1, 0.15) is 0 Å². The molecule has 3 aromatic carbocycles. The molecule has 1 heterocycles. The van der Waals surface area contributed by atoms with Crippen molar-refractivity contribution in [3.05, 3.63) is 122 Å². The summed E-state index contributed by atoms with van der Waals surface area (Å²) in [4.78, 5) is 29.9. The summed E-state index contributed by atoms with van der Waals surface area (Å²) in [6, 6.07) is 20.4. The quantitative estimate of drug-likeness (QED) is 0.103. The SMILES string of the molecule is CC[C@@H](CN(Cc1cccc(Cl)c1Cl)C(=S)Nc1ccc([N+](=O)[O-])cc1)NC(=O)Cc1cncn1Cc1ccc(C#N)cc1. The predicted octanol–water partition coefficient (Wildman–Crippen LogP) is 6.35. The van der Waals surface area contributed by atoms with Crippen molar-refractivity contribution in [3.63, 3.8) is 0 Å². The number of carbonyl (C=O) groups is 1. The van der Waals surface area contributed by atoms with Crippen LogP contribution in [0, 0.1) is 21.4 Å². The molecule has 1 aromatic heterocycles. The number of amides is 1. The molecule has 0 unspecified atom stereocenters. The molecule has 0 saturated heterocycles. The number of non-ortho nitro benzene ring substituents is 1. The Morgan fingerprint density at radius 2 is 1.89 bits per heavy atom. The molecule has 44 heavy (non-hydrogen) atoms. The van der Waals surface area contributed by atoms with Gasteiger partial charge < -0.3 is 20.1 Å². The first-order valence-corrected chi connectivity index (χ1v) is 14.8. The van der Waals surface area contributed by atoms with Gasteiger partial charge in [-0.05, 0) is 60.1 Å². The summed E-state index contributed by atoms with van der Waals surface area (Å²) in [7, 11) is 0. The van der Waals surface area contributed by atoms with E-state index in [1.165, 1.54) is 12.1 Å². The maximum atomic E-state index is 13.2. The van der Waals surface area contributed by atoms with Crippen LogP contribution in [0.1, 0.15) is 35.7 Å². The summed E-state index contributed by atoms with van der Waals surface area (Å²) in [5.74, 6) is -0.173. The van der Waals surface area contributed by atoms with Crippen molar-refractivity contribution in [1.29, 1.82) is 5.26 Å². The molecule has 4 aromatic rings. The van der Waals surface area contributed by atoms with Gasteiger partial charge in [-0.25, -0.2) is 4.98 Å². The number of carbonyl (C=O) groups excluding carboxylic acids is 1. The average Bonchev–Trinajstić information content (AvgIpc) is 3.44. The summed E-state index contributed by atoms with van der Waals surface area (Å²) in [5.41, 5.74) is 3.61. The third-order valence-electron chi connectivity index (χ3n) is 6.88. The second kappa shape index (κ2) is 15.3. The van der Waals surface area contributed by atoms with Crippen LogP contribution in [0.3, 0.4) is 0 Å². The Labute approximate surface area is 270 Å². The van der Waals surface area contributed by atoms with E-state index >= 15 is 0 Å². The minimum atomic E-state index is -0.468. The molecule has 0 bridgehead atoms. The number of hydrogen-bond acceptors (Lipinski definition) is 6. The Balaban J connectivity index is 1.46. The third-order valence-corrected chi connectivity index (χ3v) is 8.10. The number of rotatable bonds is 12. The lowest BCUT2D eigenvalue weighted by Crippen LogP contribution is -2.47. The fourth-order valence-electron chi connectivity index (χ4n) is 4.47. The number of thiocarbonyl (C=S) groups is 1. The van der Waals surface area contributed by atoms with E-state index in [-0.39, 0.29) is 24.1 Å². The first-order valence-electron chi connectivity index (χ1n) is 13.7.